The van der Waals surface area contributed by atoms with Gasteiger partial charge >= 0.3 is 12.1 Å². The summed E-state index contributed by atoms with van der Waals surface area (Å²) in [7, 11) is 0. The van der Waals surface area contributed by atoms with Gasteiger partial charge in [-0.3, -0.25) is 0 Å². The fourth-order valence-corrected chi connectivity index (χ4v) is 0.820. The summed E-state index contributed by atoms with van der Waals surface area (Å²) < 4.78 is 60.0. The Hall–Kier alpha value is -1.41. The molecular formula is C8H7F5N2O. The lowest BCUT2D eigenvalue weighted by molar-refractivity contribution is -0.286. The van der Waals surface area contributed by atoms with E-state index >= 15 is 0 Å². The second-order valence-corrected chi connectivity index (χ2v) is 3.18. The molecule has 0 aromatic heterocycles. The normalized spacial score (nSPS) is 16.0. The Balaban J connectivity index is 4.58. The third-order valence-corrected chi connectivity index (χ3v) is 1.85. The highest BCUT2D eigenvalue weighted by Crippen LogP contribution is 2.40. The van der Waals surface area contributed by atoms with E-state index in [2.05, 4.69) is 0 Å². The number of halogens is 5. The van der Waals surface area contributed by atoms with Crippen LogP contribution in [0.2, 0.25) is 0 Å². The van der Waals surface area contributed by atoms with Crippen molar-refractivity contribution >= 4 is 0 Å². The molecule has 0 aliphatic rings. The third kappa shape index (κ3) is 3.63. The molecule has 0 rings (SSSR count). The number of alkyl halides is 5. The van der Waals surface area contributed by atoms with Crippen LogP contribution in [0, 0.1) is 22.7 Å². The van der Waals surface area contributed by atoms with Gasteiger partial charge in [0.1, 0.15) is 0 Å². The van der Waals surface area contributed by atoms with Gasteiger partial charge in [-0.15, -0.1) is 0 Å². The number of aliphatic hydroxyl groups is 1. The largest absolute Gasteiger partial charge is 0.453 e. The topological polar surface area (TPSA) is 67.8 Å². The zero-order valence-corrected chi connectivity index (χ0v) is 7.85. The Bertz CT molecular complexity index is 327. The lowest BCUT2D eigenvalue weighted by atomic mass is 9.94. The van der Waals surface area contributed by atoms with Gasteiger partial charge in [-0.2, -0.15) is 32.5 Å². The molecular weight excluding hydrogens is 235 g/mol. The molecule has 0 saturated heterocycles. The van der Waals surface area contributed by atoms with Crippen LogP contribution < -0.4 is 0 Å². The Morgan fingerprint density at radius 1 is 1.00 bits per heavy atom. The molecule has 0 spiro atoms. The summed E-state index contributed by atoms with van der Waals surface area (Å²) in [5.41, 5.74) is -2.47. The number of nitriles is 2. The maximum absolute atomic E-state index is 12.4. The number of hydrogen-bond donors (Lipinski definition) is 1. The first-order valence-electron chi connectivity index (χ1n) is 4.03. The van der Waals surface area contributed by atoms with E-state index in [0.717, 1.165) is 6.07 Å². The predicted molar refractivity (Wildman–Crippen MR) is 41.0 cm³/mol. The van der Waals surface area contributed by atoms with Crippen LogP contribution in [0.3, 0.4) is 0 Å². The Morgan fingerprint density at radius 2 is 1.50 bits per heavy atom. The quantitative estimate of drug-likeness (QED) is 0.606. The van der Waals surface area contributed by atoms with Crippen molar-refractivity contribution in [3.8, 4) is 12.1 Å². The van der Waals surface area contributed by atoms with Gasteiger partial charge in [0, 0.05) is 6.42 Å². The van der Waals surface area contributed by atoms with Crippen LogP contribution in [0.15, 0.2) is 0 Å². The Labute approximate surface area is 87.7 Å². The van der Waals surface area contributed by atoms with Crippen molar-refractivity contribution in [2.24, 2.45) is 0 Å². The van der Waals surface area contributed by atoms with Crippen LogP contribution in [0.5, 0.6) is 0 Å². The van der Waals surface area contributed by atoms with Crippen LogP contribution in [0.1, 0.15) is 19.3 Å². The molecule has 0 amide bonds. The zero-order chi connectivity index (χ0) is 13.0. The molecule has 0 radical (unpaired) electrons. The van der Waals surface area contributed by atoms with Crippen molar-refractivity contribution in [2.75, 3.05) is 0 Å². The molecule has 1 unspecified atom stereocenters. The van der Waals surface area contributed by atoms with Crippen LogP contribution in [-0.4, -0.2) is 22.8 Å². The predicted octanol–water partition coefficient (Wildman–Crippen LogP) is 2.13. The summed E-state index contributed by atoms with van der Waals surface area (Å²) in [6, 6.07) is 2.47. The zero-order valence-electron chi connectivity index (χ0n) is 7.85. The van der Waals surface area contributed by atoms with E-state index in [0.29, 0.717) is 0 Å². The monoisotopic (exact) mass is 242 g/mol. The maximum atomic E-state index is 12.4. The van der Waals surface area contributed by atoms with Crippen molar-refractivity contribution in [1.29, 1.82) is 10.5 Å². The van der Waals surface area contributed by atoms with Crippen molar-refractivity contribution < 1.29 is 27.1 Å². The summed E-state index contributed by atoms with van der Waals surface area (Å²) in [6.07, 6.45) is -9.40. The lowest BCUT2D eigenvalue weighted by Gasteiger charge is -2.23. The van der Waals surface area contributed by atoms with Crippen molar-refractivity contribution in [1.82, 2.24) is 0 Å². The Morgan fingerprint density at radius 3 is 1.81 bits per heavy atom. The van der Waals surface area contributed by atoms with Crippen molar-refractivity contribution in [3.05, 3.63) is 0 Å². The van der Waals surface area contributed by atoms with Crippen molar-refractivity contribution in [2.45, 2.75) is 37.0 Å². The first-order chi connectivity index (χ1) is 7.08. The van der Waals surface area contributed by atoms with E-state index in [9.17, 15) is 22.0 Å². The van der Waals surface area contributed by atoms with Crippen molar-refractivity contribution in [3.63, 3.8) is 0 Å². The first kappa shape index (κ1) is 14.6. The summed E-state index contributed by atoms with van der Waals surface area (Å²) >= 11 is 0. The minimum atomic E-state index is -5.73. The molecule has 0 fully saturated rings. The van der Waals surface area contributed by atoms with E-state index in [1.54, 1.807) is 0 Å². The number of rotatable bonds is 4. The Kier molecular flexibility index (Phi) is 4.21. The summed E-state index contributed by atoms with van der Waals surface area (Å²) in [6.45, 7) is 0. The highest BCUT2D eigenvalue weighted by atomic mass is 19.4. The molecule has 0 heterocycles. The second-order valence-electron chi connectivity index (χ2n) is 3.18. The third-order valence-electron chi connectivity index (χ3n) is 1.85. The van der Waals surface area contributed by atoms with Gasteiger partial charge < -0.3 is 5.11 Å². The fraction of sp³-hybridized carbons (Fsp3) is 0.750. The molecule has 0 aliphatic carbocycles. The van der Waals surface area contributed by atoms with Gasteiger partial charge in [0.15, 0.2) is 5.60 Å². The molecule has 0 saturated carbocycles. The van der Waals surface area contributed by atoms with E-state index < -0.39 is 37.0 Å². The summed E-state index contributed by atoms with van der Waals surface area (Å²) in [4.78, 5) is 0. The standard InChI is InChI=1S/C8H7F5N2O/c9-7(10,8(11,12)13)2-1-6(16,5-15)3-4-14/h16H,1-3H2. The SMILES string of the molecule is N#CCC(O)(C#N)CCC(F)(F)C(F)(F)F. The molecule has 0 aliphatic heterocycles. The highest BCUT2D eigenvalue weighted by molar-refractivity contribution is 5.05. The molecule has 3 nitrogen and oxygen atoms in total. The van der Waals surface area contributed by atoms with Crippen LogP contribution in [0.25, 0.3) is 0 Å². The summed E-state index contributed by atoms with van der Waals surface area (Å²) in [5.74, 6) is -4.98. The number of hydrogen-bond acceptors (Lipinski definition) is 3. The molecule has 0 aromatic rings. The van der Waals surface area contributed by atoms with Crippen LogP contribution in [0.4, 0.5) is 22.0 Å². The molecule has 1 atom stereocenters. The molecule has 8 heteroatoms. The van der Waals surface area contributed by atoms with Gasteiger partial charge in [0.05, 0.1) is 18.6 Å². The molecule has 0 bridgehead atoms. The van der Waals surface area contributed by atoms with Gasteiger partial charge in [-0.1, -0.05) is 0 Å². The van der Waals surface area contributed by atoms with Gasteiger partial charge in [0.25, 0.3) is 0 Å². The minimum absolute atomic E-state index is 0.822. The van der Waals surface area contributed by atoms with E-state index in [-0.39, 0.29) is 0 Å². The maximum Gasteiger partial charge on any atom is 0.453 e. The molecule has 90 valence electrons. The van der Waals surface area contributed by atoms with Crippen LogP contribution >= 0.6 is 0 Å². The highest BCUT2D eigenvalue weighted by Gasteiger charge is 2.57. The number of nitrogens with zero attached hydrogens (tertiary/aromatic N) is 2. The average Bonchev–Trinajstić information content (AvgIpc) is 2.14. The minimum Gasteiger partial charge on any atom is -0.374 e. The van der Waals surface area contributed by atoms with Crippen LogP contribution in [-0.2, 0) is 0 Å². The van der Waals surface area contributed by atoms with Gasteiger partial charge in [-0.25, -0.2) is 0 Å². The molecule has 1 N–H and O–H groups in total. The van der Waals surface area contributed by atoms with E-state index in [1.165, 1.54) is 6.07 Å². The first-order valence-corrected chi connectivity index (χ1v) is 4.03. The van der Waals surface area contributed by atoms with E-state index in [1.807, 2.05) is 0 Å². The molecule has 16 heavy (non-hydrogen) atoms. The molecule has 0 aromatic carbocycles. The van der Waals surface area contributed by atoms with E-state index in [4.69, 9.17) is 15.6 Å². The summed E-state index contributed by atoms with van der Waals surface area (Å²) in [5, 5.41) is 25.7. The smallest absolute Gasteiger partial charge is 0.374 e. The average molecular weight is 242 g/mol. The second kappa shape index (κ2) is 4.62. The van der Waals surface area contributed by atoms with Gasteiger partial charge in [0.2, 0.25) is 0 Å². The van der Waals surface area contributed by atoms with Gasteiger partial charge in [-0.05, 0) is 6.42 Å². The fourth-order valence-electron chi connectivity index (χ4n) is 0.820. The lowest BCUT2D eigenvalue weighted by Crippen LogP contribution is -2.39.